The number of hydrogen-bond acceptors (Lipinski definition) is 4. The van der Waals surface area contributed by atoms with Gasteiger partial charge in [0, 0.05) is 13.1 Å². The molecule has 0 atom stereocenters. The molecule has 0 fully saturated rings. The second kappa shape index (κ2) is 7.61. The summed E-state index contributed by atoms with van der Waals surface area (Å²) in [5, 5.41) is 5.04. The summed E-state index contributed by atoms with van der Waals surface area (Å²) in [6.07, 6.45) is 0. The van der Waals surface area contributed by atoms with Crippen molar-refractivity contribution in [1.82, 2.24) is 5.32 Å². The maximum atomic E-state index is 11.5. The fraction of sp³-hybridized carbons (Fsp3) is 0.312. The normalized spacial score (nSPS) is 10.6. The fourth-order valence-electron chi connectivity index (χ4n) is 2.01. The zero-order chi connectivity index (χ0) is 15.1. The maximum Gasteiger partial charge on any atom is 0.246 e. The molecule has 2 aromatic rings. The first-order chi connectivity index (χ1) is 10.2. The summed E-state index contributed by atoms with van der Waals surface area (Å²) in [4.78, 5) is 11.5. The SMILES string of the molecule is COc1ccc2cc(CNC(=O)COCCN)ccc2c1. The number of methoxy groups -OCH3 is 1. The number of nitrogens with two attached hydrogens (primary N) is 1. The van der Waals surface area contributed by atoms with E-state index in [2.05, 4.69) is 11.4 Å². The molecule has 5 nitrogen and oxygen atoms in total. The molecular formula is C16H20N2O3. The zero-order valence-electron chi connectivity index (χ0n) is 12.1. The van der Waals surface area contributed by atoms with Crippen LogP contribution >= 0.6 is 0 Å². The van der Waals surface area contributed by atoms with Gasteiger partial charge in [-0.2, -0.15) is 0 Å². The molecule has 21 heavy (non-hydrogen) atoms. The molecule has 2 rings (SSSR count). The summed E-state index contributed by atoms with van der Waals surface area (Å²) in [5.74, 6) is 0.693. The minimum absolute atomic E-state index is 0.0436. The van der Waals surface area contributed by atoms with Gasteiger partial charge < -0.3 is 20.5 Å². The first-order valence-corrected chi connectivity index (χ1v) is 6.84. The monoisotopic (exact) mass is 288 g/mol. The first kappa shape index (κ1) is 15.3. The molecule has 2 aromatic carbocycles. The highest BCUT2D eigenvalue weighted by molar-refractivity contribution is 5.84. The topological polar surface area (TPSA) is 73.6 Å². The Hall–Kier alpha value is -2.11. The smallest absolute Gasteiger partial charge is 0.246 e. The first-order valence-electron chi connectivity index (χ1n) is 6.84. The van der Waals surface area contributed by atoms with E-state index in [1.54, 1.807) is 7.11 Å². The van der Waals surface area contributed by atoms with E-state index >= 15 is 0 Å². The highest BCUT2D eigenvalue weighted by Crippen LogP contribution is 2.21. The molecule has 0 unspecified atom stereocenters. The molecule has 0 radical (unpaired) electrons. The van der Waals surface area contributed by atoms with Gasteiger partial charge >= 0.3 is 0 Å². The third-order valence-corrected chi connectivity index (χ3v) is 3.10. The van der Waals surface area contributed by atoms with E-state index in [-0.39, 0.29) is 12.5 Å². The number of ether oxygens (including phenoxy) is 2. The number of fused-ring (bicyclic) bond motifs is 1. The average Bonchev–Trinajstić information content (AvgIpc) is 2.52. The Morgan fingerprint density at radius 2 is 1.95 bits per heavy atom. The van der Waals surface area contributed by atoms with Crippen LogP contribution in [-0.2, 0) is 16.1 Å². The molecule has 0 bridgehead atoms. The van der Waals surface area contributed by atoms with Crippen molar-refractivity contribution in [3.05, 3.63) is 42.0 Å². The maximum absolute atomic E-state index is 11.5. The number of carbonyl (C=O) groups excluding carboxylic acids is 1. The number of carbonyl (C=O) groups is 1. The molecule has 5 heteroatoms. The van der Waals surface area contributed by atoms with E-state index in [0.29, 0.717) is 19.7 Å². The molecule has 0 saturated heterocycles. The summed E-state index contributed by atoms with van der Waals surface area (Å²) in [5.41, 5.74) is 6.33. The third kappa shape index (κ3) is 4.44. The zero-order valence-corrected chi connectivity index (χ0v) is 12.1. The van der Waals surface area contributed by atoms with E-state index in [4.69, 9.17) is 15.2 Å². The quantitative estimate of drug-likeness (QED) is 0.756. The Balaban J connectivity index is 1.95. The number of nitrogens with one attached hydrogen (secondary N) is 1. The van der Waals surface area contributed by atoms with E-state index in [0.717, 1.165) is 22.1 Å². The molecule has 0 heterocycles. The number of rotatable bonds is 7. The van der Waals surface area contributed by atoms with E-state index in [1.807, 2.05) is 30.3 Å². The molecule has 0 aliphatic heterocycles. The van der Waals surface area contributed by atoms with Crippen molar-refractivity contribution < 1.29 is 14.3 Å². The van der Waals surface area contributed by atoms with Gasteiger partial charge in [-0.15, -0.1) is 0 Å². The molecule has 0 aliphatic rings. The number of amides is 1. The van der Waals surface area contributed by atoms with Crippen molar-refractivity contribution >= 4 is 16.7 Å². The Morgan fingerprint density at radius 1 is 1.19 bits per heavy atom. The molecule has 112 valence electrons. The molecule has 0 spiro atoms. The second-order valence-electron chi connectivity index (χ2n) is 4.67. The van der Waals surface area contributed by atoms with Crippen LogP contribution in [0.3, 0.4) is 0 Å². The molecule has 1 amide bonds. The Morgan fingerprint density at radius 3 is 2.71 bits per heavy atom. The lowest BCUT2D eigenvalue weighted by molar-refractivity contribution is -0.125. The van der Waals surface area contributed by atoms with Crippen molar-refractivity contribution in [2.75, 3.05) is 26.9 Å². The lowest BCUT2D eigenvalue weighted by atomic mass is 10.1. The molecule has 3 N–H and O–H groups in total. The van der Waals surface area contributed by atoms with Crippen LogP contribution in [0.2, 0.25) is 0 Å². The van der Waals surface area contributed by atoms with Gasteiger partial charge in [0.2, 0.25) is 5.91 Å². The Kier molecular flexibility index (Phi) is 5.54. The Labute approximate surface area is 124 Å². The Bertz CT molecular complexity index is 613. The van der Waals surface area contributed by atoms with Crippen molar-refractivity contribution in [2.24, 2.45) is 5.73 Å². The van der Waals surface area contributed by atoms with Crippen molar-refractivity contribution in [3.63, 3.8) is 0 Å². The fourth-order valence-corrected chi connectivity index (χ4v) is 2.01. The summed E-state index contributed by atoms with van der Waals surface area (Å²) in [7, 11) is 1.65. The van der Waals surface area contributed by atoms with Crippen LogP contribution in [0.1, 0.15) is 5.56 Å². The predicted octanol–water partition coefficient (Wildman–Crippen LogP) is 1.44. The van der Waals surface area contributed by atoms with E-state index in [1.165, 1.54) is 0 Å². The van der Waals surface area contributed by atoms with Crippen LogP contribution in [0.15, 0.2) is 36.4 Å². The van der Waals surface area contributed by atoms with E-state index < -0.39 is 0 Å². The van der Waals surface area contributed by atoms with Gasteiger partial charge in [0.05, 0.1) is 13.7 Å². The van der Waals surface area contributed by atoms with Gasteiger partial charge in [0.1, 0.15) is 12.4 Å². The van der Waals surface area contributed by atoms with Crippen LogP contribution in [0, 0.1) is 0 Å². The average molecular weight is 288 g/mol. The lowest BCUT2D eigenvalue weighted by Crippen LogP contribution is -2.28. The van der Waals surface area contributed by atoms with E-state index in [9.17, 15) is 4.79 Å². The summed E-state index contributed by atoms with van der Waals surface area (Å²) >= 11 is 0. The van der Waals surface area contributed by atoms with Crippen LogP contribution in [0.4, 0.5) is 0 Å². The molecule has 0 aromatic heterocycles. The molecule has 0 saturated carbocycles. The van der Waals surface area contributed by atoms with Gasteiger partial charge in [-0.25, -0.2) is 0 Å². The largest absolute Gasteiger partial charge is 0.497 e. The van der Waals surface area contributed by atoms with Crippen molar-refractivity contribution in [2.45, 2.75) is 6.54 Å². The van der Waals surface area contributed by atoms with Crippen molar-refractivity contribution in [1.29, 1.82) is 0 Å². The van der Waals surface area contributed by atoms with Gasteiger partial charge in [-0.05, 0) is 34.5 Å². The highest BCUT2D eigenvalue weighted by Gasteiger charge is 2.03. The summed E-state index contributed by atoms with van der Waals surface area (Å²) in [6.45, 7) is 1.33. The molecular weight excluding hydrogens is 268 g/mol. The minimum Gasteiger partial charge on any atom is -0.497 e. The van der Waals surface area contributed by atoms with Gasteiger partial charge in [-0.3, -0.25) is 4.79 Å². The van der Waals surface area contributed by atoms with Crippen LogP contribution in [0.25, 0.3) is 10.8 Å². The standard InChI is InChI=1S/C16H20N2O3/c1-20-15-5-4-13-8-12(2-3-14(13)9-15)10-18-16(19)11-21-7-6-17/h2-5,8-9H,6-7,10-11,17H2,1H3,(H,18,19). The highest BCUT2D eigenvalue weighted by atomic mass is 16.5. The van der Waals surface area contributed by atoms with Crippen LogP contribution < -0.4 is 15.8 Å². The molecule has 0 aliphatic carbocycles. The van der Waals surface area contributed by atoms with Crippen molar-refractivity contribution in [3.8, 4) is 5.75 Å². The minimum atomic E-state index is -0.140. The second-order valence-corrected chi connectivity index (χ2v) is 4.67. The van der Waals surface area contributed by atoms with Crippen LogP contribution in [0.5, 0.6) is 5.75 Å². The van der Waals surface area contributed by atoms with Gasteiger partial charge in [0.15, 0.2) is 0 Å². The number of hydrogen-bond donors (Lipinski definition) is 2. The predicted molar refractivity (Wildman–Crippen MR) is 82.2 cm³/mol. The van der Waals surface area contributed by atoms with Crippen LogP contribution in [-0.4, -0.2) is 32.8 Å². The summed E-state index contributed by atoms with van der Waals surface area (Å²) in [6, 6.07) is 12.0. The van der Waals surface area contributed by atoms with Gasteiger partial charge in [-0.1, -0.05) is 18.2 Å². The third-order valence-electron chi connectivity index (χ3n) is 3.10. The number of benzene rings is 2. The van der Waals surface area contributed by atoms with Gasteiger partial charge in [0.25, 0.3) is 0 Å². The lowest BCUT2D eigenvalue weighted by Gasteiger charge is -2.08. The summed E-state index contributed by atoms with van der Waals surface area (Å²) < 4.78 is 10.3.